The molecule has 0 atom stereocenters. The Bertz CT molecular complexity index is 1140. The third kappa shape index (κ3) is 5.16. The van der Waals surface area contributed by atoms with Gasteiger partial charge in [0, 0.05) is 17.8 Å². The molecule has 1 amide bonds. The lowest BCUT2D eigenvalue weighted by Crippen LogP contribution is -2.24. The molecule has 3 aromatic rings. The maximum atomic E-state index is 12.8. The fraction of sp³-hybridized carbons (Fsp3) is 0.136. The van der Waals surface area contributed by atoms with E-state index in [1.54, 1.807) is 24.3 Å². The van der Waals surface area contributed by atoms with E-state index in [1.807, 2.05) is 38.1 Å². The number of rotatable bonds is 6. The second-order valence-electron chi connectivity index (χ2n) is 6.73. The summed E-state index contributed by atoms with van der Waals surface area (Å²) in [6.45, 7) is 4.22. The number of benzene rings is 3. The van der Waals surface area contributed by atoms with Gasteiger partial charge in [0.2, 0.25) is 0 Å². The van der Waals surface area contributed by atoms with E-state index in [9.17, 15) is 13.2 Å². The summed E-state index contributed by atoms with van der Waals surface area (Å²) in [5.74, 6) is -0.378. The van der Waals surface area contributed by atoms with Gasteiger partial charge in [-0.1, -0.05) is 53.6 Å². The maximum absolute atomic E-state index is 12.8. The molecular weight excluding hydrogens is 408 g/mol. The molecule has 0 fully saturated rings. The first-order valence-corrected chi connectivity index (χ1v) is 10.8. The van der Waals surface area contributed by atoms with Crippen LogP contribution < -0.4 is 10.0 Å². The van der Waals surface area contributed by atoms with E-state index >= 15 is 0 Å². The lowest BCUT2D eigenvalue weighted by molar-refractivity contribution is 0.0950. The summed E-state index contributed by atoms with van der Waals surface area (Å²) in [4.78, 5) is 12.4. The van der Waals surface area contributed by atoms with E-state index in [-0.39, 0.29) is 21.4 Å². The van der Waals surface area contributed by atoms with Crippen molar-refractivity contribution in [2.75, 3.05) is 4.72 Å². The van der Waals surface area contributed by atoms with Crippen molar-refractivity contribution in [1.29, 1.82) is 0 Å². The number of carbonyl (C=O) groups excluding carboxylic acids is 1. The molecule has 3 rings (SSSR count). The minimum Gasteiger partial charge on any atom is -0.348 e. The summed E-state index contributed by atoms with van der Waals surface area (Å²) in [7, 11) is -3.95. The molecule has 29 heavy (non-hydrogen) atoms. The fourth-order valence-corrected chi connectivity index (χ4v) is 4.35. The lowest BCUT2D eigenvalue weighted by Gasteiger charge is -2.12. The number of aryl methyl sites for hydroxylation is 2. The largest absolute Gasteiger partial charge is 0.348 e. The van der Waals surface area contributed by atoms with Crippen molar-refractivity contribution in [3.63, 3.8) is 0 Å². The van der Waals surface area contributed by atoms with Crippen LogP contribution in [0.2, 0.25) is 5.02 Å². The minimum atomic E-state index is -3.95. The zero-order valence-corrected chi connectivity index (χ0v) is 17.6. The van der Waals surface area contributed by atoms with Crippen molar-refractivity contribution in [1.82, 2.24) is 5.32 Å². The van der Waals surface area contributed by atoms with Crippen molar-refractivity contribution in [3.05, 3.63) is 94.0 Å². The molecule has 0 aliphatic rings. The second-order valence-corrected chi connectivity index (χ2v) is 8.78. The number of sulfonamides is 1. The summed E-state index contributed by atoms with van der Waals surface area (Å²) in [6.07, 6.45) is 0. The molecule has 0 aromatic heterocycles. The zero-order chi connectivity index (χ0) is 21.0. The van der Waals surface area contributed by atoms with E-state index in [0.717, 1.165) is 16.7 Å². The van der Waals surface area contributed by atoms with Crippen LogP contribution in [-0.4, -0.2) is 14.3 Å². The molecule has 5 nitrogen and oxygen atoms in total. The van der Waals surface area contributed by atoms with Gasteiger partial charge in [-0.3, -0.25) is 9.52 Å². The van der Waals surface area contributed by atoms with Gasteiger partial charge in [-0.2, -0.15) is 0 Å². The predicted octanol–water partition coefficient (Wildman–Crippen LogP) is 4.69. The summed E-state index contributed by atoms with van der Waals surface area (Å²) in [5, 5.41) is 2.85. The highest BCUT2D eigenvalue weighted by molar-refractivity contribution is 7.92. The van der Waals surface area contributed by atoms with Gasteiger partial charge in [-0.05, 0) is 55.3 Å². The molecule has 150 valence electrons. The highest BCUT2D eigenvalue weighted by Gasteiger charge is 2.20. The summed E-state index contributed by atoms with van der Waals surface area (Å²) in [5.41, 5.74) is 3.70. The molecule has 0 unspecified atom stereocenters. The van der Waals surface area contributed by atoms with Gasteiger partial charge in [-0.15, -0.1) is 0 Å². The van der Waals surface area contributed by atoms with E-state index in [1.165, 1.54) is 18.2 Å². The van der Waals surface area contributed by atoms with Gasteiger partial charge in [0.25, 0.3) is 15.9 Å². The average Bonchev–Trinajstić information content (AvgIpc) is 2.69. The van der Waals surface area contributed by atoms with E-state index < -0.39 is 10.0 Å². The Balaban J connectivity index is 1.80. The van der Waals surface area contributed by atoms with Crippen LogP contribution in [0.3, 0.4) is 0 Å². The average molecular weight is 429 g/mol. The molecule has 0 radical (unpaired) electrons. The number of carbonyl (C=O) groups is 1. The molecular formula is C22H21ClN2O3S. The van der Waals surface area contributed by atoms with Gasteiger partial charge in [0.05, 0.1) is 5.02 Å². The number of halogens is 1. The van der Waals surface area contributed by atoms with Gasteiger partial charge in [0.1, 0.15) is 4.90 Å². The van der Waals surface area contributed by atoms with Crippen LogP contribution in [0.15, 0.2) is 71.6 Å². The first-order valence-electron chi connectivity index (χ1n) is 8.98. The van der Waals surface area contributed by atoms with Gasteiger partial charge in [-0.25, -0.2) is 8.42 Å². The zero-order valence-electron chi connectivity index (χ0n) is 16.1. The van der Waals surface area contributed by atoms with Crippen molar-refractivity contribution in [2.24, 2.45) is 0 Å². The molecule has 2 N–H and O–H groups in total. The van der Waals surface area contributed by atoms with Crippen LogP contribution in [0.25, 0.3) is 0 Å². The highest BCUT2D eigenvalue weighted by atomic mass is 35.5. The van der Waals surface area contributed by atoms with E-state index in [2.05, 4.69) is 10.0 Å². The van der Waals surface area contributed by atoms with Gasteiger partial charge in [0.15, 0.2) is 0 Å². The molecule has 7 heteroatoms. The molecule has 0 bridgehead atoms. The van der Waals surface area contributed by atoms with Crippen LogP contribution in [0.5, 0.6) is 0 Å². The quantitative estimate of drug-likeness (QED) is 0.598. The van der Waals surface area contributed by atoms with Gasteiger partial charge < -0.3 is 5.32 Å². The number of anilines is 1. The molecule has 0 spiro atoms. The Kier molecular flexibility index (Phi) is 6.25. The van der Waals surface area contributed by atoms with E-state index in [0.29, 0.717) is 12.2 Å². The number of nitrogens with one attached hydrogen (secondary N) is 2. The number of hydrogen-bond acceptors (Lipinski definition) is 3. The molecule has 0 saturated carbocycles. The SMILES string of the molecule is Cc1ccc(NS(=O)(=O)c2cc(C(=O)NCc3ccccc3C)ccc2Cl)cc1. The molecule has 0 aliphatic carbocycles. The second kappa shape index (κ2) is 8.68. The summed E-state index contributed by atoms with van der Waals surface area (Å²) >= 11 is 6.12. The number of hydrogen-bond donors (Lipinski definition) is 2. The Morgan fingerprint density at radius 1 is 0.966 bits per heavy atom. The van der Waals surface area contributed by atoms with Crippen LogP contribution >= 0.6 is 11.6 Å². The first-order chi connectivity index (χ1) is 13.8. The molecule has 3 aromatic carbocycles. The first kappa shape index (κ1) is 20.9. The van der Waals surface area contributed by atoms with E-state index in [4.69, 9.17) is 11.6 Å². The maximum Gasteiger partial charge on any atom is 0.263 e. The predicted molar refractivity (Wildman–Crippen MR) is 116 cm³/mol. The smallest absolute Gasteiger partial charge is 0.263 e. The molecule has 0 saturated heterocycles. The fourth-order valence-electron chi connectivity index (χ4n) is 2.77. The lowest BCUT2D eigenvalue weighted by atomic mass is 10.1. The standard InChI is InChI=1S/C22H21ClN2O3S/c1-15-7-10-19(11-8-15)25-29(27,28)21-13-17(9-12-20(21)23)22(26)24-14-18-6-4-3-5-16(18)2/h3-13,25H,14H2,1-2H3,(H,24,26). The Labute approximate surface area is 175 Å². The summed E-state index contributed by atoms with van der Waals surface area (Å²) < 4.78 is 28.0. The molecule has 0 heterocycles. The van der Waals surface area contributed by atoms with Crippen molar-refractivity contribution >= 4 is 33.2 Å². The van der Waals surface area contributed by atoms with Crippen molar-refractivity contribution < 1.29 is 13.2 Å². The Morgan fingerprint density at radius 2 is 1.66 bits per heavy atom. The third-order valence-electron chi connectivity index (χ3n) is 4.49. The topological polar surface area (TPSA) is 75.3 Å². The van der Waals surface area contributed by atoms with Crippen LogP contribution in [0.4, 0.5) is 5.69 Å². The normalized spacial score (nSPS) is 11.1. The minimum absolute atomic E-state index is 0.0417. The van der Waals surface area contributed by atoms with Crippen LogP contribution in [0.1, 0.15) is 27.0 Å². The van der Waals surface area contributed by atoms with Crippen LogP contribution in [0, 0.1) is 13.8 Å². The van der Waals surface area contributed by atoms with Crippen molar-refractivity contribution in [3.8, 4) is 0 Å². The van der Waals surface area contributed by atoms with Crippen LogP contribution in [-0.2, 0) is 16.6 Å². The Hall–Kier alpha value is -2.83. The monoisotopic (exact) mass is 428 g/mol. The van der Waals surface area contributed by atoms with Gasteiger partial charge >= 0.3 is 0 Å². The van der Waals surface area contributed by atoms with Crippen molar-refractivity contribution in [2.45, 2.75) is 25.3 Å². The summed E-state index contributed by atoms with van der Waals surface area (Å²) in [6, 6.07) is 18.9. The highest BCUT2D eigenvalue weighted by Crippen LogP contribution is 2.25. The molecule has 0 aliphatic heterocycles. The third-order valence-corrected chi connectivity index (χ3v) is 6.35. The number of amides is 1. The Morgan fingerprint density at radius 3 is 2.34 bits per heavy atom.